The molecule has 1 aromatic heterocycles. The number of aromatic amines is 1. The van der Waals surface area contributed by atoms with Gasteiger partial charge in [0.15, 0.2) is 0 Å². The number of aromatic nitrogens is 1. The van der Waals surface area contributed by atoms with Crippen LogP contribution in [0.2, 0.25) is 0 Å². The van der Waals surface area contributed by atoms with Gasteiger partial charge < -0.3 is 19.4 Å². The Morgan fingerprint density at radius 2 is 1.57 bits per heavy atom. The van der Waals surface area contributed by atoms with Gasteiger partial charge in [-0.15, -0.1) is 0 Å². The first-order valence-corrected chi connectivity index (χ1v) is 9.37. The highest BCUT2D eigenvalue weighted by Gasteiger charge is 2.28. The molecule has 0 aliphatic rings. The number of benzene rings is 2. The van der Waals surface area contributed by atoms with Gasteiger partial charge in [0.1, 0.15) is 5.69 Å². The SMILES string of the molecule is CC(C)OC(=O)c1[nH]c2c(ccc3cccc(N(C)C)c32)c1C(=O)OC(C)C. The molecule has 0 aliphatic heterocycles. The Kier molecular flexibility index (Phi) is 5.31. The van der Waals surface area contributed by atoms with Crippen LogP contribution in [0.5, 0.6) is 0 Å². The first-order chi connectivity index (χ1) is 13.2. The minimum atomic E-state index is -0.572. The molecule has 0 saturated heterocycles. The van der Waals surface area contributed by atoms with E-state index in [0.717, 1.165) is 16.5 Å². The Morgan fingerprint density at radius 3 is 2.18 bits per heavy atom. The molecule has 6 nitrogen and oxygen atoms in total. The Hall–Kier alpha value is -3.02. The number of anilines is 1. The molecular formula is C22H26N2O4. The van der Waals surface area contributed by atoms with Crippen LogP contribution in [0.15, 0.2) is 30.3 Å². The maximum atomic E-state index is 12.8. The molecule has 0 amide bonds. The summed E-state index contributed by atoms with van der Waals surface area (Å²) in [4.78, 5) is 30.7. The van der Waals surface area contributed by atoms with E-state index in [2.05, 4.69) is 4.98 Å². The van der Waals surface area contributed by atoms with Crippen molar-refractivity contribution in [3.05, 3.63) is 41.6 Å². The third-order valence-corrected chi connectivity index (χ3v) is 4.37. The molecule has 0 bridgehead atoms. The molecule has 6 heteroatoms. The number of H-pyrrole nitrogens is 1. The van der Waals surface area contributed by atoms with Gasteiger partial charge in [-0.3, -0.25) is 0 Å². The number of rotatable bonds is 5. The van der Waals surface area contributed by atoms with E-state index in [1.165, 1.54) is 0 Å². The van der Waals surface area contributed by atoms with Gasteiger partial charge >= 0.3 is 11.9 Å². The van der Waals surface area contributed by atoms with Crippen LogP contribution in [0.4, 0.5) is 5.69 Å². The number of carbonyl (C=O) groups excluding carboxylic acids is 2. The number of fused-ring (bicyclic) bond motifs is 3. The van der Waals surface area contributed by atoms with E-state index in [4.69, 9.17) is 9.47 Å². The van der Waals surface area contributed by atoms with Gasteiger partial charge in [-0.25, -0.2) is 9.59 Å². The van der Waals surface area contributed by atoms with Gasteiger partial charge in [0, 0.05) is 30.6 Å². The summed E-state index contributed by atoms with van der Waals surface area (Å²) in [6.07, 6.45) is -0.605. The average Bonchev–Trinajstić information content (AvgIpc) is 2.99. The van der Waals surface area contributed by atoms with E-state index < -0.39 is 11.9 Å². The fourth-order valence-electron chi connectivity index (χ4n) is 3.30. The van der Waals surface area contributed by atoms with Crippen molar-refractivity contribution in [3.63, 3.8) is 0 Å². The molecule has 0 fully saturated rings. The van der Waals surface area contributed by atoms with E-state index in [1.807, 2.05) is 49.3 Å². The van der Waals surface area contributed by atoms with Gasteiger partial charge in [0.25, 0.3) is 0 Å². The van der Waals surface area contributed by atoms with Gasteiger partial charge in [0.05, 0.1) is 23.3 Å². The Balaban J connectivity index is 2.35. The van der Waals surface area contributed by atoms with Crippen LogP contribution < -0.4 is 4.90 Å². The smallest absolute Gasteiger partial charge is 0.355 e. The second kappa shape index (κ2) is 7.54. The molecule has 0 spiro atoms. The number of hydrogen-bond donors (Lipinski definition) is 1. The highest BCUT2D eigenvalue weighted by atomic mass is 16.5. The van der Waals surface area contributed by atoms with Crippen LogP contribution in [0.1, 0.15) is 48.5 Å². The lowest BCUT2D eigenvalue weighted by Gasteiger charge is -2.16. The van der Waals surface area contributed by atoms with E-state index in [9.17, 15) is 9.59 Å². The summed E-state index contributed by atoms with van der Waals surface area (Å²) in [5.41, 5.74) is 2.03. The van der Waals surface area contributed by atoms with E-state index >= 15 is 0 Å². The molecule has 0 unspecified atom stereocenters. The van der Waals surface area contributed by atoms with E-state index in [0.29, 0.717) is 10.9 Å². The first-order valence-electron chi connectivity index (χ1n) is 9.37. The zero-order valence-electron chi connectivity index (χ0n) is 17.1. The van der Waals surface area contributed by atoms with Crippen molar-refractivity contribution in [1.82, 2.24) is 4.98 Å². The van der Waals surface area contributed by atoms with Crippen LogP contribution in [0.25, 0.3) is 21.7 Å². The maximum Gasteiger partial charge on any atom is 0.355 e. The summed E-state index contributed by atoms with van der Waals surface area (Å²) in [6.45, 7) is 7.09. The molecule has 0 radical (unpaired) electrons. The molecular weight excluding hydrogens is 356 g/mol. The Bertz CT molecular complexity index is 1050. The summed E-state index contributed by atoms with van der Waals surface area (Å²) in [6, 6.07) is 9.77. The quantitative estimate of drug-likeness (QED) is 0.657. The van der Waals surface area contributed by atoms with Crippen molar-refractivity contribution in [2.45, 2.75) is 39.9 Å². The molecule has 0 saturated carbocycles. The van der Waals surface area contributed by atoms with Crippen molar-refractivity contribution < 1.29 is 19.1 Å². The lowest BCUT2D eigenvalue weighted by molar-refractivity contribution is 0.0326. The summed E-state index contributed by atoms with van der Waals surface area (Å²) in [5, 5.41) is 2.59. The molecule has 148 valence electrons. The van der Waals surface area contributed by atoms with Crippen LogP contribution in [0, 0.1) is 0 Å². The van der Waals surface area contributed by atoms with Crippen LogP contribution in [0.3, 0.4) is 0 Å². The minimum Gasteiger partial charge on any atom is -0.459 e. The zero-order chi connectivity index (χ0) is 20.6. The average molecular weight is 382 g/mol. The Morgan fingerprint density at radius 1 is 0.929 bits per heavy atom. The van der Waals surface area contributed by atoms with Gasteiger partial charge in [-0.1, -0.05) is 24.3 Å². The first kappa shape index (κ1) is 19.7. The van der Waals surface area contributed by atoms with Gasteiger partial charge in [0.2, 0.25) is 0 Å². The van der Waals surface area contributed by atoms with Crippen LogP contribution >= 0.6 is 0 Å². The summed E-state index contributed by atoms with van der Waals surface area (Å²) < 4.78 is 10.8. The number of nitrogens with one attached hydrogen (secondary N) is 1. The van der Waals surface area contributed by atoms with Crippen molar-refractivity contribution in [2.24, 2.45) is 0 Å². The summed E-state index contributed by atoms with van der Waals surface area (Å²) in [5.74, 6) is -1.11. The monoisotopic (exact) mass is 382 g/mol. The third-order valence-electron chi connectivity index (χ3n) is 4.37. The molecule has 3 aromatic rings. The number of nitrogens with zero attached hydrogens (tertiary/aromatic N) is 1. The Labute approximate surface area is 164 Å². The summed E-state index contributed by atoms with van der Waals surface area (Å²) >= 11 is 0. The van der Waals surface area contributed by atoms with Crippen LogP contribution in [-0.4, -0.2) is 43.2 Å². The van der Waals surface area contributed by atoms with Gasteiger partial charge in [-0.2, -0.15) is 0 Å². The molecule has 2 aromatic carbocycles. The predicted octanol–water partition coefficient (Wildman–Crippen LogP) is 4.52. The molecule has 28 heavy (non-hydrogen) atoms. The topological polar surface area (TPSA) is 71.6 Å². The van der Waals surface area contributed by atoms with Gasteiger partial charge in [-0.05, 0) is 39.1 Å². The standard InChI is InChI=1S/C22H26N2O4/c1-12(2)27-21(25)18-15-11-10-14-8-7-9-16(24(5)6)17(14)19(15)23-20(18)22(26)28-13(3)4/h7-13,23H,1-6H3. The summed E-state index contributed by atoms with van der Waals surface area (Å²) in [7, 11) is 3.91. The molecule has 1 N–H and O–H groups in total. The number of hydrogen-bond acceptors (Lipinski definition) is 5. The highest BCUT2D eigenvalue weighted by molar-refractivity contribution is 6.20. The largest absolute Gasteiger partial charge is 0.459 e. The fraction of sp³-hybridized carbons (Fsp3) is 0.364. The highest BCUT2D eigenvalue weighted by Crippen LogP contribution is 2.35. The molecule has 0 aliphatic carbocycles. The molecule has 3 rings (SSSR count). The van der Waals surface area contributed by atoms with E-state index in [1.54, 1.807) is 27.7 Å². The normalized spacial score (nSPS) is 11.4. The number of ether oxygens (including phenoxy) is 2. The third kappa shape index (κ3) is 3.54. The van der Waals surface area contributed by atoms with Crippen molar-refractivity contribution in [3.8, 4) is 0 Å². The van der Waals surface area contributed by atoms with E-state index in [-0.39, 0.29) is 23.5 Å². The molecule has 1 heterocycles. The minimum absolute atomic E-state index is 0.121. The molecule has 0 atom stereocenters. The lowest BCUT2D eigenvalue weighted by atomic mass is 10.0. The van der Waals surface area contributed by atoms with Crippen LogP contribution in [-0.2, 0) is 9.47 Å². The number of esters is 2. The second-order valence-corrected chi connectivity index (χ2v) is 7.54. The van der Waals surface area contributed by atoms with Crippen molar-refractivity contribution in [2.75, 3.05) is 19.0 Å². The second-order valence-electron chi connectivity index (χ2n) is 7.54. The maximum absolute atomic E-state index is 12.8. The predicted molar refractivity (Wildman–Crippen MR) is 111 cm³/mol. The fourth-order valence-corrected chi connectivity index (χ4v) is 3.30. The lowest BCUT2D eigenvalue weighted by Crippen LogP contribution is -2.18. The number of carbonyl (C=O) groups is 2. The zero-order valence-corrected chi connectivity index (χ0v) is 17.1. The van der Waals surface area contributed by atoms with Crippen molar-refractivity contribution >= 4 is 39.3 Å². The van der Waals surface area contributed by atoms with Crippen molar-refractivity contribution in [1.29, 1.82) is 0 Å².